The first kappa shape index (κ1) is 12.0. The van der Waals surface area contributed by atoms with E-state index in [2.05, 4.69) is 6.08 Å². The van der Waals surface area contributed by atoms with Gasteiger partial charge in [0.15, 0.2) is 0 Å². The van der Waals surface area contributed by atoms with E-state index in [1.165, 1.54) is 12.0 Å². The van der Waals surface area contributed by atoms with Crippen molar-refractivity contribution in [3.63, 3.8) is 0 Å². The van der Waals surface area contributed by atoms with Crippen LogP contribution in [-0.2, 0) is 0 Å². The Balaban J connectivity index is 2.41. The van der Waals surface area contributed by atoms with Crippen LogP contribution in [0.3, 0.4) is 0 Å². The summed E-state index contributed by atoms with van der Waals surface area (Å²) in [7, 11) is 3.32. The molecule has 1 aliphatic rings. The molecule has 0 aliphatic heterocycles. The number of rotatable bonds is 4. The van der Waals surface area contributed by atoms with Gasteiger partial charge in [-0.3, -0.25) is 0 Å². The summed E-state index contributed by atoms with van der Waals surface area (Å²) >= 11 is 0. The lowest BCUT2D eigenvalue weighted by molar-refractivity contribution is 0.381. The Morgan fingerprint density at radius 3 is 2.29 bits per heavy atom. The fourth-order valence-electron chi connectivity index (χ4n) is 2.35. The molecule has 3 nitrogen and oxygen atoms in total. The fourth-order valence-corrected chi connectivity index (χ4v) is 2.35. The van der Waals surface area contributed by atoms with Crippen molar-refractivity contribution >= 4 is 0 Å². The minimum absolute atomic E-state index is 0.122. The van der Waals surface area contributed by atoms with Crippen molar-refractivity contribution in [3.8, 4) is 11.5 Å². The molecular weight excluding hydrogens is 214 g/mol. The van der Waals surface area contributed by atoms with Crippen molar-refractivity contribution in [1.82, 2.24) is 0 Å². The molecule has 0 heterocycles. The zero-order chi connectivity index (χ0) is 12.3. The van der Waals surface area contributed by atoms with Crippen LogP contribution in [0.1, 0.15) is 30.9 Å². The minimum atomic E-state index is -0.122. The molecule has 0 spiro atoms. The third kappa shape index (κ3) is 2.29. The quantitative estimate of drug-likeness (QED) is 0.813. The standard InChI is InChI=1S/C14H19NO2/c1-16-11-8-5-9-12(17-2)13(11)14(15)10-6-3-4-7-10/h5-6,8-9,14H,3-4,7,15H2,1-2H3. The lowest BCUT2D eigenvalue weighted by atomic mass is 9.97. The second-order valence-corrected chi connectivity index (χ2v) is 4.23. The van der Waals surface area contributed by atoms with Crippen LogP contribution < -0.4 is 15.2 Å². The molecule has 0 aromatic heterocycles. The Morgan fingerprint density at radius 2 is 1.82 bits per heavy atom. The average molecular weight is 233 g/mol. The van der Waals surface area contributed by atoms with Crippen molar-refractivity contribution in [2.45, 2.75) is 25.3 Å². The van der Waals surface area contributed by atoms with Crippen molar-refractivity contribution in [1.29, 1.82) is 0 Å². The molecule has 3 heteroatoms. The van der Waals surface area contributed by atoms with E-state index in [9.17, 15) is 0 Å². The molecule has 2 N–H and O–H groups in total. The molecule has 1 unspecified atom stereocenters. The molecule has 0 fully saturated rings. The van der Waals surface area contributed by atoms with Crippen LogP contribution in [0.15, 0.2) is 29.8 Å². The van der Waals surface area contributed by atoms with E-state index in [4.69, 9.17) is 15.2 Å². The second-order valence-electron chi connectivity index (χ2n) is 4.23. The largest absolute Gasteiger partial charge is 0.496 e. The summed E-state index contributed by atoms with van der Waals surface area (Å²) in [4.78, 5) is 0. The molecule has 1 aromatic rings. The van der Waals surface area contributed by atoms with Crippen molar-refractivity contribution < 1.29 is 9.47 Å². The molecule has 2 rings (SSSR count). The monoisotopic (exact) mass is 233 g/mol. The summed E-state index contributed by atoms with van der Waals surface area (Å²) in [5, 5.41) is 0. The molecule has 0 amide bonds. The van der Waals surface area contributed by atoms with Gasteiger partial charge >= 0.3 is 0 Å². The zero-order valence-electron chi connectivity index (χ0n) is 10.4. The number of allylic oxidation sites excluding steroid dienone is 1. The Bertz CT molecular complexity index is 404. The van der Waals surface area contributed by atoms with Gasteiger partial charge in [-0.25, -0.2) is 0 Å². The van der Waals surface area contributed by atoms with Crippen LogP contribution in [0.5, 0.6) is 11.5 Å². The van der Waals surface area contributed by atoms with Crippen LogP contribution in [0.25, 0.3) is 0 Å². The van der Waals surface area contributed by atoms with Crippen molar-refractivity contribution in [3.05, 3.63) is 35.4 Å². The number of benzene rings is 1. The molecule has 1 aliphatic carbocycles. The van der Waals surface area contributed by atoms with E-state index in [-0.39, 0.29) is 6.04 Å². The summed E-state index contributed by atoms with van der Waals surface area (Å²) in [5.74, 6) is 1.59. The smallest absolute Gasteiger partial charge is 0.127 e. The summed E-state index contributed by atoms with van der Waals surface area (Å²) in [6.07, 6.45) is 5.62. The van der Waals surface area contributed by atoms with Gasteiger partial charge in [-0.1, -0.05) is 17.7 Å². The normalized spacial score (nSPS) is 16.5. The third-order valence-corrected chi connectivity index (χ3v) is 3.25. The maximum atomic E-state index is 6.32. The SMILES string of the molecule is COc1cccc(OC)c1C(N)C1=CCCC1. The predicted octanol–water partition coefficient (Wildman–Crippen LogP) is 2.81. The highest BCUT2D eigenvalue weighted by atomic mass is 16.5. The van der Waals surface area contributed by atoms with Gasteiger partial charge in [0.1, 0.15) is 11.5 Å². The highest BCUT2D eigenvalue weighted by molar-refractivity contribution is 5.50. The molecular formula is C14H19NO2. The van der Waals surface area contributed by atoms with Gasteiger partial charge in [0, 0.05) is 0 Å². The number of hydrogen-bond acceptors (Lipinski definition) is 3. The first-order valence-electron chi connectivity index (χ1n) is 5.93. The molecule has 1 atom stereocenters. The predicted molar refractivity (Wildman–Crippen MR) is 68.4 cm³/mol. The molecule has 0 bridgehead atoms. The number of ether oxygens (including phenoxy) is 2. The van der Waals surface area contributed by atoms with E-state index < -0.39 is 0 Å². The van der Waals surface area contributed by atoms with Gasteiger partial charge < -0.3 is 15.2 Å². The summed E-state index contributed by atoms with van der Waals surface area (Å²) in [6, 6.07) is 5.64. The highest BCUT2D eigenvalue weighted by Gasteiger charge is 2.22. The van der Waals surface area contributed by atoms with E-state index in [1.807, 2.05) is 18.2 Å². The van der Waals surface area contributed by atoms with Gasteiger partial charge in [-0.05, 0) is 31.4 Å². The van der Waals surface area contributed by atoms with Crippen molar-refractivity contribution in [2.75, 3.05) is 14.2 Å². The summed E-state index contributed by atoms with van der Waals surface area (Å²) < 4.78 is 10.8. The second kappa shape index (κ2) is 5.23. The van der Waals surface area contributed by atoms with Gasteiger partial charge in [0.05, 0.1) is 25.8 Å². The molecule has 0 radical (unpaired) electrons. The molecule has 92 valence electrons. The lowest BCUT2D eigenvalue weighted by Crippen LogP contribution is -2.14. The van der Waals surface area contributed by atoms with Crippen LogP contribution in [0.4, 0.5) is 0 Å². The van der Waals surface area contributed by atoms with E-state index in [0.717, 1.165) is 29.9 Å². The molecule has 0 saturated heterocycles. The lowest BCUT2D eigenvalue weighted by Gasteiger charge is -2.19. The maximum Gasteiger partial charge on any atom is 0.127 e. The summed E-state index contributed by atoms with van der Waals surface area (Å²) in [5.41, 5.74) is 8.56. The maximum absolute atomic E-state index is 6.32. The van der Waals surface area contributed by atoms with E-state index in [0.29, 0.717) is 0 Å². The van der Waals surface area contributed by atoms with E-state index in [1.54, 1.807) is 14.2 Å². The van der Waals surface area contributed by atoms with Gasteiger partial charge in [0.25, 0.3) is 0 Å². The first-order chi connectivity index (χ1) is 8.27. The molecule has 1 aromatic carbocycles. The zero-order valence-corrected chi connectivity index (χ0v) is 10.4. The van der Waals surface area contributed by atoms with Gasteiger partial charge in [-0.2, -0.15) is 0 Å². The first-order valence-corrected chi connectivity index (χ1v) is 5.93. The van der Waals surface area contributed by atoms with Crippen LogP contribution in [0.2, 0.25) is 0 Å². The third-order valence-electron chi connectivity index (χ3n) is 3.25. The Kier molecular flexibility index (Phi) is 3.69. The Morgan fingerprint density at radius 1 is 1.18 bits per heavy atom. The van der Waals surface area contributed by atoms with E-state index >= 15 is 0 Å². The highest BCUT2D eigenvalue weighted by Crippen LogP contribution is 2.38. The van der Waals surface area contributed by atoms with Crippen LogP contribution in [0, 0.1) is 0 Å². The molecule has 0 saturated carbocycles. The summed E-state index contributed by atoms with van der Waals surface area (Å²) in [6.45, 7) is 0. The molecule has 17 heavy (non-hydrogen) atoms. The van der Waals surface area contributed by atoms with Crippen LogP contribution >= 0.6 is 0 Å². The number of hydrogen-bond donors (Lipinski definition) is 1. The Hall–Kier alpha value is -1.48. The van der Waals surface area contributed by atoms with Crippen molar-refractivity contribution in [2.24, 2.45) is 5.73 Å². The van der Waals surface area contributed by atoms with Crippen LogP contribution in [-0.4, -0.2) is 14.2 Å². The topological polar surface area (TPSA) is 44.5 Å². The number of methoxy groups -OCH3 is 2. The minimum Gasteiger partial charge on any atom is -0.496 e. The Labute approximate surface area is 102 Å². The van der Waals surface area contributed by atoms with Gasteiger partial charge in [0.2, 0.25) is 0 Å². The average Bonchev–Trinajstić information content (AvgIpc) is 2.90. The fraction of sp³-hybridized carbons (Fsp3) is 0.429. The van der Waals surface area contributed by atoms with Gasteiger partial charge in [-0.15, -0.1) is 0 Å². The number of nitrogens with two attached hydrogens (primary N) is 1.